The maximum absolute atomic E-state index is 6.26. The van der Waals surface area contributed by atoms with E-state index in [9.17, 15) is 0 Å². The molecule has 0 atom stereocenters. The number of rotatable bonds is 13. The lowest BCUT2D eigenvalue weighted by atomic mass is 9.94. The highest BCUT2D eigenvalue weighted by Crippen LogP contribution is 2.36. The smallest absolute Gasteiger partial charge is 0.370 e. The Hall–Kier alpha value is -4.45. The van der Waals surface area contributed by atoms with E-state index in [1.807, 2.05) is 34.6 Å². The molecule has 0 saturated carbocycles. The minimum Gasteiger partial charge on any atom is -0.370 e. The zero-order valence-corrected chi connectivity index (χ0v) is 33.9. The summed E-state index contributed by atoms with van der Waals surface area (Å²) < 4.78 is 30.4. The van der Waals surface area contributed by atoms with Crippen molar-refractivity contribution >= 4 is 93.3 Å². The van der Waals surface area contributed by atoms with Gasteiger partial charge in [0.1, 0.15) is 5.91 Å². The summed E-state index contributed by atoms with van der Waals surface area (Å²) >= 11 is 0. The van der Waals surface area contributed by atoms with Crippen molar-refractivity contribution in [1.29, 1.82) is 0 Å². The van der Waals surface area contributed by atoms with Crippen molar-refractivity contribution < 1.29 is 22.8 Å². The lowest BCUT2D eigenvalue weighted by molar-refractivity contribution is -0.0817. The lowest BCUT2D eigenvalue weighted by Crippen LogP contribution is -2.57. The minimum absolute atomic E-state index is 0.180. The number of fused-ring (bicyclic) bond motifs is 12. The Morgan fingerprint density at radius 1 is 0.389 bits per heavy atom. The summed E-state index contributed by atoms with van der Waals surface area (Å²) in [6.45, 7) is 13.0. The van der Waals surface area contributed by atoms with Gasteiger partial charge >= 0.3 is 8.80 Å². The molecule has 0 fully saturated rings. The summed E-state index contributed by atoms with van der Waals surface area (Å²) in [6.07, 6.45) is 0. The van der Waals surface area contributed by atoms with Gasteiger partial charge in [-0.2, -0.15) is 0 Å². The summed E-state index contributed by atoms with van der Waals surface area (Å²) in [4.78, 5) is 0. The molecule has 0 aromatic heterocycles. The Kier molecular flexibility index (Phi) is 12.2. The van der Waals surface area contributed by atoms with Gasteiger partial charge in [-0.1, -0.05) is 133 Å². The van der Waals surface area contributed by atoms with Crippen LogP contribution in [0.3, 0.4) is 0 Å². The first-order chi connectivity index (χ1) is 26.6. The molecule has 0 aliphatic rings. The monoisotopic (exact) mass is 748 g/mol. The van der Waals surface area contributed by atoms with Gasteiger partial charge in [-0.25, -0.2) is 0 Å². The third-order valence-electron chi connectivity index (χ3n) is 9.78. The summed E-state index contributed by atoms with van der Waals surface area (Å²) in [5.41, 5.74) is 0. The van der Waals surface area contributed by atoms with Crippen LogP contribution in [-0.2, 0) is 22.8 Å². The maximum Gasteiger partial charge on any atom is 0.537 e. The Labute approximate surface area is 321 Å². The first-order valence-electron chi connectivity index (χ1n) is 19.1. The fraction of sp³-hybridized carbons (Fsp3) is 0.234. The maximum atomic E-state index is 6.26. The molecule has 0 unspecified atom stereocenters. The zero-order chi connectivity index (χ0) is 37.5. The van der Waals surface area contributed by atoms with Gasteiger partial charge in [0.05, 0.1) is 0 Å². The van der Waals surface area contributed by atoms with Gasteiger partial charge in [-0.15, -0.1) is 0 Å². The van der Waals surface area contributed by atoms with Crippen LogP contribution in [0.2, 0.25) is 0 Å². The highest BCUT2D eigenvalue weighted by atomic mass is 28.4. The molecular formula is C47H48O5Si2. The van der Waals surface area contributed by atoms with Crippen LogP contribution >= 0.6 is 0 Å². The largest absolute Gasteiger partial charge is 0.537 e. The van der Waals surface area contributed by atoms with Crippen LogP contribution in [0, 0.1) is 0 Å². The second-order valence-electron chi connectivity index (χ2n) is 12.9. The van der Waals surface area contributed by atoms with E-state index in [1.165, 1.54) is 69.8 Å². The first-order valence-corrected chi connectivity index (χ1v) is 22.0. The molecule has 0 aliphatic carbocycles. The highest BCUT2D eigenvalue weighted by molar-refractivity contribution is 6.78. The Bertz CT molecular complexity index is 2420. The fourth-order valence-electron chi connectivity index (χ4n) is 7.78. The number of hydrogen-bond donors (Lipinski definition) is 0. The molecule has 0 spiro atoms. The quantitative estimate of drug-likeness (QED) is 0.0668. The molecule has 7 heteroatoms. The van der Waals surface area contributed by atoms with Crippen molar-refractivity contribution in [2.24, 2.45) is 0 Å². The van der Waals surface area contributed by atoms with Gasteiger partial charge < -0.3 is 22.8 Å². The van der Waals surface area contributed by atoms with E-state index >= 15 is 0 Å². The molecule has 5 nitrogen and oxygen atoms in total. The Morgan fingerprint density at radius 3 is 1.11 bits per heavy atom. The first kappa shape index (κ1) is 37.9. The van der Waals surface area contributed by atoms with Crippen LogP contribution in [0.1, 0.15) is 34.6 Å². The molecule has 2 radical (unpaired) electrons. The molecule has 0 heterocycles. The molecule has 0 N–H and O–H groups in total. The second kappa shape index (κ2) is 17.3. The zero-order valence-electron chi connectivity index (χ0n) is 31.9. The number of hydrogen-bond acceptors (Lipinski definition) is 5. The molecular weight excluding hydrogens is 701 g/mol. The normalized spacial score (nSPS) is 12.0. The van der Waals surface area contributed by atoms with Crippen molar-refractivity contribution in [1.82, 2.24) is 0 Å². The lowest BCUT2D eigenvalue weighted by Gasteiger charge is -2.30. The molecule has 274 valence electrons. The van der Waals surface area contributed by atoms with E-state index in [1.54, 1.807) is 0 Å². The topological polar surface area (TPSA) is 46.2 Å². The van der Waals surface area contributed by atoms with E-state index in [0.29, 0.717) is 42.6 Å². The van der Waals surface area contributed by atoms with Crippen molar-refractivity contribution in [3.63, 3.8) is 0 Å². The van der Waals surface area contributed by atoms with E-state index in [4.69, 9.17) is 22.8 Å². The van der Waals surface area contributed by atoms with Gasteiger partial charge in [0.2, 0.25) is 0 Å². The number of ether oxygens (including phenoxy) is 2. The predicted octanol–water partition coefficient (Wildman–Crippen LogP) is 10.2. The Balaban J connectivity index is 0.000000167. The second-order valence-corrected chi connectivity index (χ2v) is 16.7. The summed E-state index contributed by atoms with van der Waals surface area (Å²) in [5, 5.41) is 17.5. The van der Waals surface area contributed by atoms with Gasteiger partial charge in [0, 0.05) is 38.2 Å². The van der Waals surface area contributed by atoms with Crippen molar-refractivity contribution in [3.05, 3.63) is 133 Å². The van der Waals surface area contributed by atoms with Crippen LogP contribution in [0.25, 0.3) is 64.6 Å². The highest BCUT2D eigenvalue weighted by Gasteiger charge is 2.45. The third-order valence-corrected chi connectivity index (χ3v) is 14.2. The molecule has 8 rings (SSSR count). The molecule has 8 aromatic rings. The predicted molar refractivity (Wildman–Crippen MR) is 231 cm³/mol. The van der Waals surface area contributed by atoms with Gasteiger partial charge in [0.25, 0.3) is 0 Å². The van der Waals surface area contributed by atoms with Crippen molar-refractivity contribution in [2.45, 2.75) is 40.5 Å². The van der Waals surface area contributed by atoms with Crippen LogP contribution < -0.4 is 10.4 Å². The fourth-order valence-corrected chi connectivity index (χ4v) is 11.9. The average Bonchev–Trinajstić information content (AvgIpc) is 3.21. The van der Waals surface area contributed by atoms with Crippen LogP contribution in [0.15, 0.2) is 133 Å². The molecule has 0 amide bonds. The molecule has 0 aliphatic heterocycles. The van der Waals surface area contributed by atoms with Crippen molar-refractivity contribution in [3.8, 4) is 0 Å². The minimum atomic E-state index is -3.04. The van der Waals surface area contributed by atoms with E-state index in [-0.39, 0.29) is 5.91 Å². The molecule has 8 aromatic carbocycles. The molecule has 0 saturated heterocycles. The van der Waals surface area contributed by atoms with Crippen LogP contribution in [0.5, 0.6) is 0 Å². The van der Waals surface area contributed by atoms with Gasteiger partial charge in [-0.3, -0.25) is 0 Å². The van der Waals surface area contributed by atoms with E-state index < -0.39 is 8.80 Å². The standard InChI is InChI=1S/C24H26O3Si.C23H22O2Si/c1-4-25-28(26-5-2,27-6-3)23-17-11-16-22-20-13-8-7-12-18(20)19-14-9-10-15-21(19)24(22)23;1-3-24-23(25-4-2)26-21-15-9-14-20-18-11-6-5-10-16(18)17-12-7-8-13-19(17)22(20)21/h7-17H,4-6H2,1-3H3;5-15,23H,3-4H2,1-2H3. The van der Waals surface area contributed by atoms with Crippen LogP contribution in [-0.4, -0.2) is 57.3 Å². The van der Waals surface area contributed by atoms with Crippen LogP contribution in [0.4, 0.5) is 0 Å². The summed E-state index contributed by atoms with van der Waals surface area (Å²) in [6, 6.07) is 47.5. The Morgan fingerprint density at radius 2 is 0.722 bits per heavy atom. The summed E-state index contributed by atoms with van der Waals surface area (Å²) in [7, 11) is -2.59. The molecule has 54 heavy (non-hydrogen) atoms. The molecule has 0 bridgehead atoms. The van der Waals surface area contributed by atoms with Gasteiger partial charge in [0.15, 0.2) is 9.52 Å². The average molecular weight is 749 g/mol. The number of benzene rings is 8. The third kappa shape index (κ3) is 7.21. The van der Waals surface area contributed by atoms with Gasteiger partial charge in [-0.05, 0) is 104 Å². The van der Waals surface area contributed by atoms with Crippen molar-refractivity contribution in [2.75, 3.05) is 33.0 Å². The summed E-state index contributed by atoms with van der Waals surface area (Å²) in [5.74, 6) is -0.180. The van der Waals surface area contributed by atoms with E-state index in [2.05, 4.69) is 133 Å². The van der Waals surface area contributed by atoms with E-state index in [0.717, 1.165) is 5.19 Å². The SMILES string of the molecule is CCOC(OCC)[Si]c1cccc2c3ccccc3c3ccccc3c12.CCO[Si](OCC)(OCC)c1cccc2c3ccccc3c3ccccc3c12.